The van der Waals surface area contributed by atoms with Crippen molar-refractivity contribution in [2.24, 2.45) is 5.92 Å². The number of fused-ring (bicyclic) bond motifs is 5. The number of benzene rings is 3. The van der Waals surface area contributed by atoms with Gasteiger partial charge in [0.15, 0.2) is 0 Å². The predicted octanol–water partition coefficient (Wildman–Crippen LogP) is 12.4. The second-order valence-corrected chi connectivity index (χ2v) is 19.7. The van der Waals surface area contributed by atoms with E-state index in [4.69, 9.17) is 0 Å². The molecule has 0 amide bonds. The minimum atomic E-state index is -1.07. The first-order valence-corrected chi connectivity index (χ1v) is 21.1. The van der Waals surface area contributed by atoms with E-state index in [2.05, 4.69) is 134 Å². The largest absolute Gasteiger partial charge is 0.358 e. The number of halogens is 2. The number of hydrogen-bond donors (Lipinski definition) is 0. The van der Waals surface area contributed by atoms with Crippen LogP contribution in [0.25, 0.3) is 22.3 Å². The van der Waals surface area contributed by atoms with Crippen LogP contribution in [0.1, 0.15) is 88.8 Å². The first-order chi connectivity index (χ1) is 20.6. The SMILES string of the molecule is CC1=[C-]C(C)(C)c2cc3c(cc21)-c1cc2c(cc1C3)C(C)(C)C=C2C.CC1=[C-]C(C)C=C1[Si](C)(C)C.Cl.Cl.[CH2]=[Zr].[CH3-].[c-]1ccccc1. The zero-order valence-corrected chi connectivity index (χ0v) is 35.7. The Labute approximate surface area is 316 Å². The Morgan fingerprint density at radius 3 is 1.72 bits per heavy atom. The van der Waals surface area contributed by atoms with Gasteiger partial charge in [0, 0.05) is 5.41 Å². The molecule has 4 aliphatic rings. The molecule has 3 aromatic rings. The van der Waals surface area contributed by atoms with Gasteiger partial charge >= 0.3 is 28.4 Å². The molecule has 0 aliphatic heterocycles. The van der Waals surface area contributed by atoms with E-state index >= 15 is 0 Å². The van der Waals surface area contributed by atoms with Gasteiger partial charge in [0.1, 0.15) is 0 Å². The second-order valence-electron chi connectivity index (χ2n) is 14.7. The summed E-state index contributed by atoms with van der Waals surface area (Å²) in [5.74, 6) is 0.553. The second kappa shape index (κ2) is 16.7. The zero-order chi connectivity index (χ0) is 32.6. The van der Waals surface area contributed by atoms with Gasteiger partial charge in [-0.15, -0.1) is 36.4 Å². The molecule has 252 valence electrons. The molecular formula is C43H54Cl2SiZr-4. The third-order valence-corrected chi connectivity index (χ3v) is 11.3. The monoisotopic (exact) mass is 758 g/mol. The smallest absolute Gasteiger partial charge is 0.171 e. The van der Waals surface area contributed by atoms with Crippen molar-refractivity contribution in [2.75, 3.05) is 0 Å². The Morgan fingerprint density at radius 1 is 0.766 bits per heavy atom. The third-order valence-electron chi connectivity index (χ3n) is 9.11. The summed E-state index contributed by atoms with van der Waals surface area (Å²) in [6.07, 6.45) is 12.9. The summed E-state index contributed by atoms with van der Waals surface area (Å²) in [5, 5.41) is 1.60. The van der Waals surface area contributed by atoms with Crippen LogP contribution in [0.5, 0.6) is 0 Å². The fourth-order valence-electron chi connectivity index (χ4n) is 7.27. The maximum absolute atomic E-state index is 3.65. The van der Waals surface area contributed by atoms with Crippen LogP contribution >= 0.6 is 24.8 Å². The van der Waals surface area contributed by atoms with Gasteiger partial charge in [-0.1, -0.05) is 97.6 Å². The molecule has 1 unspecified atom stereocenters. The van der Waals surface area contributed by atoms with Crippen LogP contribution in [0.15, 0.2) is 77.5 Å². The summed E-state index contributed by atoms with van der Waals surface area (Å²) in [5.41, 5.74) is 15.9. The number of hydrogen-bond acceptors (Lipinski definition) is 0. The third kappa shape index (κ3) is 9.25. The van der Waals surface area contributed by atoms with Gasteiger partial charge < -0.3 is 7.43 Å². The van der Waals surface area contributed by atoms with E-state index in [-0.39, 0.29) is 43.1 Å². The van der Waals surface area contributed by atoms with Gasteiger partial charge in [0.2, 0.25) is 0 Å². The van der Waals surface area contributed by atoms with Crippen molar-refractivity contribution in [3.05, 3.63) is 137 Å². The standard InChI is InChI=1S/C25H25.C10H17Si.C6H5.CH3.CH2.2ClH.Zr/c1-14-12-24(3,4)22-8-16-7-17-9-23-19(15(2)13-25(23,5)6)11-21(17)20(16)10-18(14)22;1-8-6-9(2)10(7-8)11(3,4)5;1-2-4-6-5-3-1;;;;;/h8-12H,7H2,1-6H3;7-8H,1-5H3;1-5H;1H3;1H2;2*1H;/q4*-1;;;;. The van der Waals surface area contributed by atoms with Crippen molar-refractivity contribution < 1.29 is 24.2 Å². The molecule has 0 fully saturated rings. The summed E-state index contributed by atoms with van der Waals surface area (Å²) in [6.45, 7) is 25.2. The van der Waals surface area contributed by atoms with E-state index in [0.717, 1.165) is 6.42 Å². The van der Waals surface area contributed by atoms with E-state index in [9.17, 15) is 0 Å². The summed E-state index contributed by atoms with van der Waals surface area (Å²) in [4.78, 5) is 0. The normalized spacial score (nSPS) is 17.9. The first kappa shape index (κ1) is 43.2. The van der Waals surface area contributed by atoms with Gasteiger partial charge in [0.05, 0.1) is 0 Å². The Hall–Kier alpha value is -1.83. The van der Waals surface area contributed by atoms with Crippen LogP contribution in [0, 0.1) is 31.6 Å². The molecule has 3 aromatic carbocycles. The van der Waals surface area contributed by atoms with E-state index in [1.165, 1.54) is 85.5 Å². The molecule has 7 rings (SSSR count). The van der Waals surface area contributed by atoms with Crippen LogP contribution in [0.4, 0.5) is 0 Å². The molecule has 0 aromatic heterocycles. The summed E-state index contributed by atoms with van der Waals surface area (Å²) in [7, 11) is -1.07. The van der Waals surface area contributed by atoms with E-state index in [0.29, 0.717) is 5.92 Å². The molecule has 0 N–H and O–H groups in total. The zero-order valence-electron chi connectivity index (χ0n) is 30.7. The Morgan fingerprint density at radius 2 is 1.30 bits per heavy atom. The van der Waals surface area contributed by atoms with Crippen molar-refractivity contribution in [1.82, 2.24) is 0 Å². The minimum Gasteiger partial charge on any atom is -0.358 e. The predicted molar refractivity (Wildman–Crippen MR) is 213 cm³/mol. The van der Waals surface area contributed by atoms with Crippen LogP contribution in [0.2, 0.25) is 19.6 Å². The fraction of sp³-hybridized carbons (Fsp3) is 0.349. The molecule has 0 nitrogen and oxygen atoms in total. The maximum atomic E-state index is 3.65. The molecule has 0 spiro atoms. The summed E-state index contributed by atoms with van der Waals surface area (Å²) in [6, 6.07) is 22.3. The Kier molecular flexibility index (Phi) is 15.4. The van der Waals surface area contributed by atoms with Gasteiger partial charge in [0.25, 0.3) is 0 Å². The van der Waals surface area contributed by atoms with Crippen LogP contribution in [-0.4, -0.2) is 12.3 Å². The average molecular weight is 761 g/mol. The van der Waals surface area contributed by atoms with Gasteiger partial charge in [-0.3, -0.25) is 12.2 Å². The molecular weight excluding hydrogens is 707 g/mol. The van der Waals surface area contributed by atoms with Crippen molar-refractivity contribution in [3.8, 4) is 11.1 Å². The van der Waals surface area contributed by atoms with Gasteiger partial charge in [-0.2, -0.15) is 48.0 Å². The molecule has 47 heavy (non-hydrogen) atoms. The van der Waals surface area contributed by atoms with Crippen LogP contribution in [0.3, 0.4) is 0 Å². The number of rotatable bonds is 1. The van der Waals surface area contributed by atoms with E-state index in [1.54, 1.807) is 5.20 Å². The molecule has 0 radical (unpaired) electrons. The maximum Gasteiger partial charge on any atom is -0.171 e. The molecule has 0 saturated heterocycles. The van der Waals surface area contributed by atoms with Crippen molar-refractivity contribution in [3.63, 3.8) is 0 Å². The van der Waals surface area contributed by atoms with E-state index in [1.807, 2.05) is 30.3 Å². The van der Waals surface area contributed by atoms with Gasteiger partial charge in [-0.25, -0.2) is 16.3 Å². The molecule has 1 atom stereocenters. The van der Waals surface area contributed by atoms with Crippen molar-refractivity contribution >= 4 is 48.2 Å². The molecule has 0 heterocycles. The Bertz CT molecular complexity index is 1570. The van der Waals surface area contributed by atoms with Crippen molar-refractivity contribution in [1.29, 1.82) is 0 Å². The average Bonchev–Trinajstić information content (AvgIpc) is 3.63. The molecule has 0 saturated carbocycles. The van der Waals surface area contributed by atoms with Crippen LogP contribution < -0.4 is 0 Å². The minimum absolute atomic E-state index is 0. The fourth-order valence-corrected chi connectivity index (χ4v) is 9.21. The Balaban J connectivity index is 0.000000421. The van der Waals surface area contributed by atoms with Crippen LogP contribution in [-0.2, 0) is 41.5 Å². The summed E-state index contributed by atoms with van der Waals surface area (Å²) >= 11 is 1.30. The summed E-state index contributed by atoms with van der Waals surface area (Å²) < 4.78 is 3.34. The first-order valence-electron chi connectivity index (χ1n) is 15.8. The van der Waals surface area contributed by atoms with Gasteiger partial charge in [-0.05, 0) is 66.4 Å². The molecule has 0 bridgehead atoms. The molecule has 4 heteroatoms. The molecule has 4 aliphatic carbocycles. The van der Waals surface area contributed by atoms with E-state index < -0.39 is 8.07 Å². The topological polar surface area (TPSA) is 0 Å². The number of allylic oxidation sites excluding steroid dienone is 8. The quantitative estimate of drug-likeness (QED) is 0.134. The van der Waals surface area contributed by atoms with Crippen molar-refractivity contribution in [2.45, 2.75) is 92.3 Å².